The Morgan fingerprint density at radius 2 is 2.25 bits per heavy atom. The quantitative estimate of drug-likeness (QED) is 0.795. The predicted octanol–water partition coefficient (Wildman–Crippen LogP) is 3.53. The monoisotopic (exact) mass is 295 g/mol. The van der Waals surface area contributed by atoms with Crippen molar-refractivity contribution in [1.82, 2.24) is 9.55 Å². The minimum atomic E-state index is -0.0668. The van der Waals surface area contributed by atoms with Gasteiger partial charge in [-0.1, -0.05) is 18.5 Å². The fourth-order valence-electron chi connectivity index (χ4n) is 2.44. The summed E-state index contributed by atoms with van der Waals surface area (Å²) in [5.41, 5.74) is 8.32. The van der Waals surface area contributed by atoms with E-state index in [2.05, 4.69) is 16.5 Å². The number of fused-ring (bicyclic) bond motifs is 1. The molecular weight excluding hydrogens is 274 g/mol. The lowest BCUT2D eigenvalue weighted by Gasteiger charge is -2.14. The summed E-state index contributed by atoms with van der Waals surface area (Å²) in [5.74, 6) is 0.945. The van der Waals surface area contributed by atoms with Gasteiger partial charge >= 0.3 is 0 Å². The van der Waals surface area contributed by atoms with Crippen LogP contribution in [0.3, 0.4) is 0 Å². The number of nitrogens with two attached hydrogens (primary N) is 1. The van der Waals surface area contributed by atoms with E-state index in [1.807, 2.05) is 18.2 Å². The maximum atomic E-state index is 6.30. The molecule has 1 unspecified atom stereocenters. The number of aryl methyl sites for hydroxylation is 1. The van der Waals surface area contributed by atoms with Crippen molar-refractivity contribution in [3.8, 4) is 0 Å². The van der Waals surface area contributed by atoms with Crippen molar-refractivity contribution in [3.63, 3.8) is 0 Å². The van der Waals surface area contributed by atoms with Gasteiger partial charge in [-0.15, -0.1) is 0 Å². The van der Waals surface area contributed by atoms with Crippen LogP contribution in [0.1, 0.15) is 38.1 Å². The first-order valence-electron chi connectivity index (χ1n) is 7.07. The van der Waals surface area contributed by atoms with E-state index >= 15 is 0 Å². The Bertz CT molecular complexity index is 567. The molecule has 110 valence electrons. The standard InChI is InChI=1S/C15H22ClN3O/c1-3-8-19-14-7-6-11(16)10-13(14)18-15(19)12(17)5-4-9-20-2/h6-7,10,12H,3-5,8-9,17H2,1-2H3. The molecule has 1 heterocycles. The Hall–Kier alpha value is -1.10. The van der Waals surface area contributed by atoms with Crippen molar-refractivity contribution in [2.75, 3.05) is 13.7 Å². The molecule has 0 saturated heterocycles. The lowest BCUT2D eigenvalue weighted by atomic mass is 10.1. The SMILES string of the molecule is CCCn1c(C(N)CCCOC)nc2cc(Cl)ccc21. The molecule has 0 saturated carbocycles. The average Bonchev–Trinajstić information content (AvgIpc) is 2.77. The second-order valence-electron chi connectivity index (χ2n) is 5.00. The molecule has 2 N–H and O–H groups in total. The molecule has 2 rings (SSSR count). The third kappa shape index (κ3) is 3.32. The van der Waals surface area contributed by atoms with E-state index in [1.54, 1.807) is 7.11 Å². The maximum Gasteiger partial charge on any atom is 0.126 e. The molecule has 0 aliphatic rings. The molecule has 0 radical (unpaired) electrons. The van der Waals surface area contributed by atoms with Gasteiger partial charge in [0.05, 0.1) is 17.1 Å². The van der Waals surface area contributed by atoms with Crippen LogP contribution in [-0.2, 0) is 11.3 Å². The highest BCUT2D eigenvalue weighted by Crippen LogP contribution is 2.25. The number of imidazole rings is 1. The summed E-state index contributed by atoms with van der Waals surface area (Å²) in [6.07, 6.45) is 2.86. The van der Waals surface area contributed by atoms with Gasteiger partial charge < -0.3 is 15.0 Å². The van der Waals surface area contributed by atoms with Crippen LogP contribution < -0.4 is 5.73 Å². The first-order valence-corrected chi connectivity index (χ1v) is 7.45. The molecule has 0 aliphatic heterocycles. The van der Waals surface area contributed by atoms with Crippen LogP contribution in [-0.4, -0.2) is 23.3 Å². The minimum absolute atomic E-state index is 0.0668. The highest BCUT2D eigenvalue weighted by atomic mass is 35.5. The average molecular weight is 296 g/mol. The van der Waals surface area contributed by atoms with Crippen molar-refractivity contribution < 1.29 is 4.74 Å². The Morgan fingerprint density at radius 3 is 2.95 bits per heavy atom. The normalized spacial score (nSPS) is 13.0. The van der Waals surface area contributed by atoms with Crippen LogP contribution in [0.2, 0.25) is 5.02 Å². The smallest absolute Gasteiger partial charge is 0.126 e. The molecule has 5 heteroatoms. The lowest BCUT2D eigenvalue weighted by Crippen LogP contribution is -2.17. The summed E-state index contributed by atoms with van der Waals surface area (Å²) in [7, 11) is 1.71. The van der Waals surface area contributed by atoms with Gasteiger partial charge in [0.15, 0.2) is 0 Å². The second kappa shape index (κ2) is 7.07. The fourth-order valence-corrected chi connectivity index (χ4v) is 2.61. The van der Waals surface area contributed by atoms with Crippen LogP contribution in [0.5, 0.6) is 0 Å². The van der Waals surface area contributed by atoms with E-state index in [1.165, 1.54) is 0 Å². The predicted molar refractivity (Wildman–Crippen MR) is 83.1 cm³/mol. The van der Waals surface area contributed by atoms with Gasteiger partial charge in [0.25, 0.3) is 0 Å². The van der Waals surface area contributed by atoms with E-state index < -0.39 is 0 Å². The number of hydrogen-bond donors (Lipinski definition) is 1. The highest BCUT2D eigenvalue weighted by molar-refractivity contribution is 6.31. The molecule has 0 amide bonds. The summed E-state index contributed by atoms with van der Waals surface area (Å²) >= 11 is 6.04. The third-order valence-corrected chi connectivity index (χ3v) is 3.62. The van der Waals surface area contributed by atoms with Gasteiger partial charge in [-0.3, -0.25) is 0 Å². The summed E-state index contributed by atoms with van der Waals surface area (Å²) in [4.78, 5) is 4.68. The van der Waals surface area contributed by atoms with Gasteiger partial charge in [0.1, 0.15) is 5.82 Å². The van der Waals surface area contributed by atoms with Crippen LogP contribution in [0.4, 0.5) is 0 Å². The van der Waals surface area contributed by atoms with E-state index in [-0.39, 0.29) is 6.04 Å². The lowest BCUT2D eigenvalue weighted by molar-refractivity contribution is 0.190. The molecule has 0 bridgehead atoms. The van der Waals surface area contributed by atoms with E-state index in [0.717, 1.165) is 49.3 Å². The first-order chi connectivity index (χ1) is 9.67. The molecule has 2 aromatic rings. The van der Waals surface area contributed by atoms with Crippen LogP contribution in [0.25, 0.3) is 11.0 Å². The molecule has 1 aromatic carbocycles. The van der Waals surface area contributed by atoms with Gasteiger partial charge in [0.2, 0.25) is 0 Å². The topological polar surface area (TPSA) is 53.1 Å². The zero-order valence-electron chi connectivity index (χ0n) is 12.1. The summed E-state index contributed by atoms with van der Waals surface area (Å²) in [6.45, 7) is 3.81. The van der Waals surface area contributed by atoms with E-state index in [9.17, 15) is 0 Å². The third-order valence-electron chi connectivity index (χ3n) is 3.38. The minimum Gasteiger partial charge on any atom is -0.385 e. The number of methoxy groups -OCH3 is 1. The molecule has 0 spiro atoms. The number of rotatable bonds is 7. The molecular formula is C15H22ClN3O. The largest absolute Gasteiger partial charge is 0.385 e. The second-order valence-corrected chi connectivity index (χ2v) is 5.43. The van der Waals surface area contributed by atoms with Crippen molar-refractivity contribution in [2.24, 2.45) is 5.73 Å². The van der Waals surface area contributed by atoms with E-state index in [4.69, 9.17) is 22.1 Å². The molecule has 1 atom stereocenters. The zero-order chi connectivity index (χ0) is 14.5. The van der Waals surface area contributed by atoms with Crippen molar-refractivity contribution in [3.05, 3.63) is 29.0 Å². The van der Waals surface area contributed by atoms with Crippen molar-refractivity contribution in [2.45, 2.75) is 38.8 Å². The number of nitrogens with zero attached hydrogens (tertiary/aromatic N) is 2. The van der Waals surface area contributed by atoms with Crippen LogP contribution >= 0.6 is 11.6 Å². The fraction of sp³-hybridized carbons (Fsp3) is 0.533. The van der Waals surface area contributed by atoms with Crippen molar-refractivity contribution in [1.29, 1.82) is 0 Å². The Labute approximate surface area is 124 Å². The van der Waals surface area contributed by atoms with Crippen LogP contribution in [0.15, 0.2) is 18.2 Å². The summed E-state index contributed by atoms with van der Waals surface area (Å²) in [5, 5.41) is 0.707. The first kappa shape index (κ1) is 15.3. The Morgan fingerprint density at radius 1 is 1.45 bits per heavy atom. The number of ether oxygens (including phenoxy) is 1. The van der Waals surface area contributed by atoms with Gasteiger partial charge in [-0.05, 0) is 37.5 Å². The Balaban J connectivity index is 2.32. The van der Waals surface area contributed by atoms with E-state index in [0.29, 0.717) is 5.02 Å². The maximum absolute atomic E-state index is 6.30. The van der Waals surface area contributed by atoms with Gasteiger partial charge in [-0.25, -0.2) is 4.98 Å². The van der Waals surface area contributed by atoms with Crippen LogP contribution in [0, 0.1) is 0 Å². The zero-order valence-corrected chi connectivity index (χ0v) is 12.9. The van der Waals surface area contributed by atoms with Gasteiger partial charge in [-0.2, -0.15) is 0 Å². The molecule has 20 heavy (non-hydrogen) atoms. The van der Waals surface area contributed by atoms with Crippen molar-refractivity contribution >= 4 is 22.6 Å². The molecule has 1 aromatic heterocycles. The molecule has 0 fully saturated rings. The number of aromatic nitrogens is 2. The highest BCUT2D eigenvalue weighted by Gasteiger charge is 2.16. The molecule has 0 aliphatic carbocycles. The summed E-state index contributed by atoms with van der Waals surface area (Å²) in [6, 6.07) is 5.75. The number of hydrogen-bond acceptors (Lipinski definition) is 3. The number of benzene rings is 1. The van der Waals surface area contributed by atoms with Gasteiger partial charge in [0, 0.05) is 25.3 Å². The summed E-state index contributed by atoms with van der Waals surface area (Å²) < 4.78 is 7.29. The Kier molecular flexibility index (Phi) is 5.40. The number of halogens is 1. The molecule has 4 nitrogen and oxygen atoms in total.